The number of unbranched alkanes of at least 4 members (excludes halogenated alkanes) is 1. The average Bonchev–Trinajstić information content (AvgIpc) is 1.94. The third-order valence-electron chi connectivity index (χ3n) is 1.23. The van der Waals surface area contributed by atoms with E-state index in [2.05, 4.69) is 6.58 Å². The second-order valence-corrected chi connectivity index (χ2v) is 2.44. The molecule has 0 amide bonds. The molecule has 0 bridgehead atoms. The maximum Gasteiger partial charge on any atom is 0.389 e. The number of alkyl halides is 3. The zero-order chi connectivity index (χ0) is 9.45. The van der Waals surface area contributed by atoms with Gasteiger partial charge < -0.3 is 4.74 Å². The van der Waals surface area contributed by atoms with Crippen LogP contribution in [-0.4, -0.2) is 19.4 Å². The molecule has 0 spiro atoms. The smallest absolute Gasteiger partial charge is 0.377 e. The van der Waals surface area contributed by atoms with Crippen molar-refractivity contribution in [1.29, 1.82) is 0 Å². The molecule has 0 aromatic carbocycles. The third kappa shape index (κ3) is 9.49. The van der Waals surface area contributed by atoms with E-state index in [0.717, 1.165) is 0 Å². The molecular formula is C8H13F3O. The van der Waals surface area contributed by atoms with E-state index in [4.69, 9.17) is 4.74 Å². The lowest BCUT2D eigenvalue weighted by Crippen LogP contribution is -2.07. The van der Waals surface area contributed by atoms with Crippen molar-refractivity contribution < 1.29 is 17.9 Å². The van der Waals surface area contributed by atoms with E-state index in [1.165, 1.54) is 0 Å². The lowest BCUT2D eigenvalue weighted by molar-refractivity contribution is -0.136. The summed E-state index contributed by atoms with van der Waals surface area (Å²) in [5.41, 5.74) is 0. The highest BCUT2D eigenvalue weighted by molar-refractivity contribution is 4.63. The van der Waals surface area contributed by atoms with Crippen molar-refractivity contribution in [1.82, 2.24) is 0 Å². The normalized spacial score (nSPS) is 11.6. The van der Waals surface area contributed by atoms with Crippen LogP contribution >= 0.6 is 0 Å². The van der Waals surface area contributed by atoms with Crippen LogP contribution in [0.25, 0.3) is 0 Å². The Labute approximate surface area is 70.2 Å². The van der Waals surface area contributed by atoms with E-state index in [0.29, 0.717) is 19.6 Å². The van der Waals surface area contributed by atoms with Crippen LogP contribution in [0.15, 0.2) is 12.7 Å². The van der Waals surface area contributed by atoms with Crippen molar-refractivity contribution in [3.8, 4) is 0 Å². The Balaban J connectivity index is 3.06. The van der Waals surface area contributed by atoms with Gasteiger partial charge in [-0.3, -0.25) is 0 Å². The number of halogens is 3. The Hall–Kier alpha value is -0.510. The predicted molar refractivity (Wildman–Crippen MR) is 40.9 cm³/mol. The molecule has 0 rings (SSSR count). The Bertz CT molecular complexity index is 120. The summed E-state index contributed by atoms with van der Waals surface area (Å²) >= 11 is 0. The SMILES string of the molecule is C=CCOCCCCC(F)(F)F. The van der Waals surface area contributed by atoms with Gasteiger partial charge in [-0.2, -0.15) is 13.2 Å². The Morgan fingerprint density at radius 1 is 1.25 bits per heavy atom. The third-order valence-corrected chi connectivity index (χ3v) is 1.23. The Morgan fingerprint density at radius 3 is 2.42 bits per heavy atom. The number of rotatable bonds is 6. The number of ether oxygens (including phenoxy) is 1. The van der Waals surface area contributed by atoms with Crippen LogP contribution in [0.1, 0.15) is 19.3 Å². The minimum absolute atomic E-state index is 0.140. The second-order valence-electron chi connectivity index (χ2n) is 2.44. The van der Waals surface area contributed by atoms with Crippen molar-refractivity contribution in [3.63, 3.8) is 0 Å². The summed E-state index contributed by atoms with van der Waals surface area (Å²) in [5.74, 6) is 0. The van der Waals surface area contributed by atoms with Gasteiger partial charge in [0.2, 0.25) is 0 Å². The summed E-state index contributed by atoms with van der Waals surface area (Å²) in [4.78, 5) is 0. The molecule has 0 unspecified atom stereocenters. The summed E-state index contributed by atoms with van der Waals surface area (Å²) in [7, 11) is 0. The zero-order valence-electron chi connectivity index (χ0n) is 6.86. The first-order valence-corrected chi connectivity index (χ1v) is 3.81. The molecule has 0 heterocycles. The molecule has 0 aliphatic rings. The predicted octanol–water partition coefficient (Wildman–Crippen LogP) is 2.92. The zero-order valence-corrected chi connectivity index (χ0v) is 6.86. The minimum Gasteiger partial charge on any atom is -0.377 e. The molecule has 0 aliphatic carbocycles. The molecule has 0 aromatic rings. The summed E-state index contributed by atoms with van der Waals surface area (Å²) in [6.07, 6.45) is -2.58. The fourth-order valence-corrected chi connectivity index (χ4v) is 0.696. The molecular weight excluding hydrogens is 169 g/mol. The number of hydrogen-bond acceptors (Lipinski definition) is 1. The molecule has 4 heteroatoms. The Morgan fingerprint density at radius 2 is 1.92 bits per heavy atom. The highest BCUT2D eigenvalue weighted by atomic mass is 19.4. The van der Waals surface area contributed by atoms with Crippen LogP contribution < -0.4 is 0 Å². The van der Waals surface area contributed by atoms with Gasteiger partial charge in [-0.1, -0.05) is 6.08 Å². The molecule has 1 nitrogen and oxygen atoms in total. The Kier molecular flexibility index (Phi) is 5.80. The highest BCUT2D eigenvalue weighted by Crippen LogP contribution is 2.21. The number of hydrogen-bond donors (Lipinski definition) is 0. The van der Waals surface area contributed by atoms with Gasteiger partial charge >= 0.3 is 6.18 Å². The quantitative estimate of drug-likeness (QED) is 0.453. The van der Waals surface area contributed by atoms with E-state index >= 15 is 0 Å². The largest absolute Gasteiger partial charge is 0.389 e. The summed E-state index contributed by atoms with van der Waals surface area (Å²) in [6.45, 7) is 4.20. The first-order valence-electron chi connectivity index (χ1n) is 3.81. The second kappa shape index (κ2) is 6.06. The molecule has 0 saturated carbocycles. The van der Waals surface area contributed by atoms with E-state index in [1.807, 2.05) is 0 Å². The fourth-order valence-electron chi connectivity index (χ4n) is 0.696. The maximum absolute atomic E-state index is 11.6. The molecule has 0 aromatic heterocycles. The first-order chi connectivity index (χ1) is 5.56. The van der Waals surface area contributed by atoms with Crippen LogP contribution in [0.4, 0.5) is 13.2 Å². The molecule has 72 valence electrons. The summed E-state index contributed by atoms with van der Waals surface area (Å²) in [5, 5.41) is 0. The highest BCUT2D eigenvalue weighted by Gasteiger charge is 2.25. The van der Waals surface area contributed by atoms with Crippen molar-refractivity contribution in [2.45, 2.75) is 25.4 Å². The van der Waals surface area contributed by atoms with Gasteiger partial charge in [-0.25, -0.2) is 0 Å². The lowest BCUT2D eigenvalue weighted by atomic mass is 10.2. The molecule has 12 heavy (non-hydrogen) atoms. The topological polar surface area (TPSA) is 9.23 Å². The van der Waals surface area contributed by atoms with E-state index < -0.39 is 12.6 Å². The van der Waals surface area contributed by atoms with Crippen molar-refractivity contribution in [2.75, 3.05) is 13.2 Å². The standard InChI is InChI=1S/C8H13F3O/c1-2-6-12-7-4-3-5-8(9,10)11/h2H,1,3-7H2. The van der Waals surface area contributed by atoms with E-state index in [9.17, 15) is 13.2 Å². The molecule has 0 radical (unpaired) electrons. The van der Waals surface area contributed by atoms with Gasteiger partial charge in [-0.15, -0.1) is 6.58 Å². The van der Waals surface area contributed by atoms with Crippen molar-refractivity contribution >= 4 is 0 Å². The van der Waals surface area contributed by atoms with Crippen LogP contribution in [-0.2, 0) is 4.74 Å². The minimum atomic E-state index is -4.03. The molecule has 0 fully saturated rings. The molecule has 0 atom stereocenters. The lowest BCUT2D eigenvalue weighted by Gasteiger charge is -2.05. The first kappa shape index (κ1) is 11.5. The molecule has 0 N–H and O–H groups in total. The van der Waals surface area contributed by atoms with E-state index in [1.54, 1.807) is 6.08 Å². The van der Waals surface area contributed by atoms with Gasteiger partial charge in [0.15, 0.2) is 0 Å². The van der Waals surface area contributed by atoms with E-state index in [-0.39, 0.29) is 6.42 Å². The van der Waals surface area contributed by atoms with Crippen molar-refractivity contribution in [2.24, 2.45) is 0 Å². The monoisotopic (exact) mass is 182 g/mol. The van der Waals surface area contributed by atoms with Gasteiger partial charge in [0.25, 0.3) is 0 Å². The average molecular weight is 182 g/mol. The summed E-state index contributed by atoms with van der Waals surface area (Å²) < 4.78 is 39.6. The molecule has 0 saturated heterocycles. The fraction of sp³-hybridized carbons (Fsp3) is 0.750. The van der Waals surface area contributed by atoms with Crippen LogP contribution in [0.3, 0.4) is 0 Å². The maximum atomic E-state index is 11.6. The van der Waals surface area contributed by atoms with Gasteiger partial charge in [-0.05, 0) is 12.8 Å². The van der Waals surface area contributed by atoms with Crippen LogP contribution in [0.5, 0.6) is 0 Å². The van der Waals surface area contributed by atoms with Gasteiger partial charge in [0.05, 0.1) is 6.61 Å². The van der Waals surface area contributed by atoms with Crippen LogP contribution in [0, 0.1) is 0 Å². The van der Waals surface area contributed by atoms with Gasteiger partial charge in [0, 0.05) is 13.0 Å². The molecule has 0 aliphatic heterocycles. The summed E-state index contributed by atoms with van der Waals surface area (Å²) in [6, 6.07) is 0. The van der Waals surface area contributed by atoms with Crippen molar-refractivity contribution in [3.05, 3.63) is 12.7 Å². The van der Waals surface area contributed by atoms with Gasteiger partial charge in [0.1, 0.15) is 0 Å². The van der Waals surface area contributed by atoms with Crippen LogP contribution in [0.2, 0.25) is 0 Å².